The topological polar surface area (TPSA) is 56.7 Å². The number of nitrogens with zero attached hydrogens (tertiary/aromatic N) is 2. The zero-order valence-electron chi connectivity index (χ0n) is 14.8. The Kier molecular flexibility index (Phi) is 5.84. The number of carbonyl (C=O) groups excluding carboxylic acids is 1. The van der Waals surface area contributed by atoms with Gasteiger partial charge in [0.2, 0.25) is 5.91 Å². The van der Waals surface area contributed by atoms with Gasteiger partial charge in [0, 0.05) is 31.7 Å². The van der Waals surface area contributed by atoms with Crippen LogP contribution in [-0.4, -0.2) is 43.4 Å². The lowest BCUT2D eigenvalue weighted by molar-refractivity contribution is -0.115. The largest absolute Gasteiger partial charge is 0.347 e. The number of nitrogens with one attached hydrogen (secondary N) is 2. The Hall–Kier alpha value is -2.89. The Bertz CT molecular complexity index is 761. The smallest absolute Gasteiger partial charge is 0.243 e. The van der Waals surface area contributed by atoms with Crippen LogP contribution in [0.3, 0.4) is 0 Å². The van der Waals surface area contributed by atoms with Gasteiger partial charge in [-0.15, -0.1) is 0 Å². The summed E-state index contributed by atoms with van der Waals surface area (Å²) in [7, 11) is 1.72. The van der Waals surface area contributed by atoms with Gasteiger partial charge in [-0.25, -0.2) is 4.39 Å². The normalized spacial score (nSPS) is 17.2. The first-order valence-corrected chi connectivity index (χ1v) is 8.71. The van der Waals surface area contributed by atoms with Crippen molar-refractivity contribution in [2.24, 2.45) is 4.99 Å². The van der Waals surface area contributed by atoms with E-state index in [4.69, 9.17) is 0 Å². The SMILES string of the molecule is CN=C(NCC(=O)Nc1ccc(F)cc1)N1CCC(c2ccccc2)C1. The van der Waals surface area contributed by atoms with Crippen LogP contribution in [0.1, 0.15) is 17.9 Å². The number of aliphatic imine (C=N–C) groups is 1. The fourth-order valence-corrected chi connectivity index (χ4v) is 3.18. The van der Waals surface area contributed by atoms with Gasteiger partial charge in [-0.1, -0.05) is 30.3 Å². The number of likely N-dealkylation sites (tertiary alicyclic amines) is 1. The molecule has 1 saturated heterocycles. The fraction of sp³-hybridized carbons (Fsp3) is 0.300. The zero-order valence-corrected chi connectivity index (χ0v) is 14.8. The predicted octanol–water partition coefficient (Wildman–Crippen LogP) is 2.83. The van der Waals surface area contributed by atoms with Gasteiger partial charge in [-0.2, -0.15) is 0 Å². The van der Waals surface area contributed by atoms with Crippen molar-refractivity contribution >= 4 is 17.6 Å². The van der Waals surface area contributed by atoms with Gasteiger partial charge in [0.15, 0.2) is 5.96 Å². The first-order chi connectivity index (χ1) is 12.7. The molecule has 0 saturated carbocycles. The van der Waals surface area contributed by atoms with E-state index in [-0.39, 0.29) is 18.3 Å². The summed E-state index contributed by atoms with van der Waals surface area (Å²) >= 11 is 0. The summed E-state index contributed by atoms with van der Waals surface area (Å²) in [5.41, 5.74) is 1.90. The van der Waals surface area contributed by atoms with Crippen LogP contribution in [0, 0.1) is 5.82 Å². The molecule has 1 fully saturated rings. The minimum absolute atomic E-state index is 0.108. The number of hydrogen-bond acceptors (Lipinski definition) is 2. The summed E-state index contributed by atoms with van der Waals surface area (Å²) in [6.07, 6.45) is 1.06. The van der Waals surface area contributed by atoms with Gasteiger partial charge in [-0.3, -0.25) is 9.79 Å². The van der Waals surface area contributed by atoms with Gasteiger partial charge in [-0.05, 0) is 36.2 Å². The first kappa shape index (κ1) is 17.9. The van der Waals surface area contributed by atoms with Crippen molar-refractivity contribution in [3.63, 3.8) is 0 Å². The fourth-order valence-electron chi connectivity index (χ4n) is 3.18. The standard InChI is InChI=1S/C20H23FN4O/c1-22-20(23-13-19(26)24-18-9-7-17(21)8-10-18)25-12-11-16(14-25)15-5-3-2-4-6-15/h2-10,16H,11-14H2,1H3,(H,22,23)(H,24,26). The summed E-state index contributed by atoms with van der Waals surface area (Å²) in [5.74, 6) is 0.667. The molecule has 2 aromatic carbocycles. The molecule has 1 heterocycles. The second-order valence-electron chi connectivity index (χ2n) is 6.30. The molecular formula is C20H23FN4O. The zero-order chi connectivity index (χ0) is 18.4. The van der Waals surface area contributed by atoms with Crippen LogP contribution < -0.4 is 10.6 Å². The second-order valence-corrected chi connectivity index (χ2v) is 6.30. The number of amides is 1. The maximum absolute atomic E-state index is 12.9. The Morgan fingerprint density at radius 3 is 2.62 bits per heavy atom. The van der Waals surface area contributed by atoms with Crippen molar-refractivity contribution in [1.82, 2.24) is 10.2 Å². The van der Waals surface area contributed by atoms with Crippen molar-refractivity contribution < 1.29 is 9.18 Å². The maximum atomic E-state index is 12.9. The van der Waals surface area contributed by atoms with E-state index in [2.05, 4.69) is 44.8 Å². The van der Waals surface area contributed by atoms with E-state index in [1.807, 2.05) is 6.07 Å². The van der Waals surface area contributed by atoms with E-state index in [9.17, 15) is 9.18 Å². The Labute approximate surface area is 152 Å². The van der Waals surface area contributed by atoms with E-state index < -0.39 is 0 Å². The van der Waals surface area contributed by atoms with Gasteiger partial charge in [0.05, 0.1) is 6.54 Å². The molecule has 5 nitrogen and oxygen atoms in total. The minimum Gasteiger partial charge on any atom is -0.347 e. The number of hydrogen-bond donors (Lipinski definition) is 2. The number of carbonyl (C=O) groups is 1. The summed E-state index contributed by atoms with van der Waals surface area (Å²) in [6, 6.07) is 16.2. The molecule has 1 amide bonds. The molecular weight excluding hydrogens is 331 g/mol. The average Bonchev–Trinajstić information content (AvgIpc) is 3.15. The van der Waals surface area contributed by atoms with Crippen LogP contribution in [-0.2, 0) is 4.79 Å². The van der Waals surface area contributed by atoms with Crippen molar-refractivity contribution in [2.45, 2.75) is 12.3 Å². The van der Waals surface area contributed by atoms with E-state index in [0.29, 0.717) is 11.6 Å². The lowest BCUT2D eigenvalue weighted by Gasteiger charge is -2.21. The van der Waals surface area contributed by atoms with Crippen LogP contribution in [0.15, 0.2) is 59.6 Å². The van der Waals surface area contributed by atoms with E-state index >= 15 is 0 Å². The molecule has 1 aliphatic rings. The Balaban J connectivity index is 1.50. The first-order valence-electron chi connectivity index (χ1n) is 8.71. The molecule has 1 aliphatic heterocycles. The van der Waals surface area contributed by atoms with Gasteiger partial charge in [0.1, 0.15) is 5.82 Å². The quantitative estimate of drug-likeness (QED) is 0.656. The number of halogens is 1. The molecule has 6 heteroatoms. The average molecular weight is 354 g/mol. The van der Waals surface area contributed by atoms with Crippen LogP contribution in [0.25, 0.3) is 0 Å². The molecule has 0 bridgehead atoms. The highest BCUT2D eigenvalue weighted by Gasteiger charge is 2.26. The molecule has 3 rings (SSSR count). The van der Waals surface area contributed by atoms with Crippen LogP contribution in [0.4, 0.5) is 10.1 Å². The number of benzene rings is 2. The minimum atomic E-state index is -0.330. The molecule has 0 aromatic heterocycles. The lowest BCUT2D eigenvalue weighted by atomic mass is 9.99. The highest BCUT2D eigenvalue weighted by molar-refractivity contribution is 5.95. The molecule has 136 valence electrons. The monoisotopic (exact) mass is 354 g/mol. The van der Waals surface area contributed by atoms with Crippen molar-refractivity contribution in [2.75, 3.05) is 32.0 Å². The molecule has 26 heavy (non-hydrogen) atoms. The highest BCUT2D eigenvalue weighted by Crippen LogP contribution is 2.26. The van der Waals surface area contributed by atoms with Gasteiger partial charge >= 0.3 is 0 Å². The molecule has 0 spiro atoms. The third-order valence-electron chi connectivity index (χ3n) is 4.51. The summed E-state index contributed by atoms with van der Waals surface area (Å²) in [5, 5.41) is 5.84. The third kappa shape index (κ3) is 4.59. The number of anilines is 1. The molecule has 0 aliphatic carbocycles. The van der Waals surface area contributed by atoms with Crippen molar-refractivity contribution in [3.8, 4) is 0 Å². The lowest BCUT2D eigenvalue weighted by Crippen LogP contribution is -2.43. The molecule has 0 radical (unpaired) electrons. The Morgan fingerprint density at radius 2 is 1.92 bits per heavy atom. The van der Waals surface area contributed by atoms with E-state index in [1.165, 1.54) is 29.8 Å². The van der Waals surface area contributed by atoms with Crippen molar-refractivity contribution in [1.29, 1.82) is 0 Å². The highest BCUT2D eigenvalue weighted by atomic mass is 19.1. The third-order valence-corrected chi connectivity index (χ3v) is 4.51. The predicted molar refractivity (Wildman–Crippen MR) is 102 cm³/mol. The summed E-state index contributed by atoms with van der Waals surface area (Å²) in [4.78, 5) is 18.5. The van der Waals surface area contributed by atoms with E-state index in [1.54, 1.807) is 7.05 Å². The molecule has 2 N–H and O–H groups in total. The molecule has 2 aromatic rings. The number of guanidine groups is 1. The van der Waals surface area contributed by atoms with Gasteiger partial charge in [0.25, 0.3) is 0 Å². The maximum Gasteiger partial charge on any atom is 0.243 e. The molecule has 1 atom stereocenters. The second kappa shape index (κ2) is 8.47. The van der Waals surface area contributed by atoms with E-state index in [0.717, 1.165) is 25.5 Å². The van der Waals surface area contributed by atoms with Crippen LogP contribution in [0.5, 0.6) is 0 Å². The van der Waals surface area contributed by atoms with Gasteiger partial charge < -0.3 is 15.5 Å². The molecule has 1 unspecified atom stereocenters. The summed E-state index contributed by atoms with van der Waals surface area (Å²) in [6.45, 7) is 1.89. The van der Waals surface area contributed by atoms with Crippen molar-refractivity contribution in [3.05, 3.63) is 66.0 Å². The Morgan fingerprint density at radius 1 is 1.19 bits per heavy atom. The van der Waals surface area contributed by atoms with Crippen LogP contribution >= 0.6 is 0 Å². The summed E-state index contributed by atoms with van der Waals surface area (Å²) < 4.78 is 12.9. The van der Waals surface area contributed by atoms with Crippen LogP contribution in [0.2, 0.25) is 0 Å². The number of rotatable bonds is 4.